The predicted molar refractivity (Wildman–Crippen MR) is 70.4 cm³/mol. The van der Waals surface area contributed by atoms with E-state index in [1.54, 1.807) is 13.0 Å². The van der Waals surface area contributed by atoms with Crippen LogP contribution in [0.1, 0.15) is 17.3 Å². The number of hydrogen-bond acceptors (Lipinski definition) is 2. The quantitative estimate of drug-likeness (QED) is 0.819. The van der Waals surface area contributed by atoms with E-state index in [0.717, 1.165) is 0 Å². The molecule has 0 atom stereocenters. The summed E-state index contributed by atoms with van der Waals surface area (Å²) in [5.74, 6) is -0.568. The molecule has 0 heterocycles. The van der Waals surface area contributed by atoms with Gasteiger partial charge in [-0.25, -0.2) is 0 Å². The van der Waals surface area contributed by atoms with Gasteiger partial charge in [-0.15, -0.1) is 23.2 Å². The molecule has 7 heteroatoms. The normalized spacial score (nSPS) is 11.5. The fourth-order valence-corrected chi connectivity index (χ4v) is 1.72. The number of ether oxygens (including phenoxy) is 1. The Morgan fingerprint density at radius 1 is 1.37 bits per heavy atom. The fraction of sp³-hybridized carbons (Fsp3) is 0.417. The molecule has 0 aliphatic carbocycles. The van der Waals surface area contributed by atoms with Crippen LogP contribution in [-0.4, -0.2) is 29.8 Å². The summed E-state index contributed by atoms with van der Waals surface area (Å²) in [5, 5.41) is 2.59. The first-order valence-electron chi connectivity index (χ1n) is 5.40. The minimum Gasteiger partial charge on any atom is -0.434 e. The van der Waals surface area contributed by atoms with Crippen molar-refractivity contribution in [2.24, 2.45) is 0 Å². The minimum atomic E-state index is -3.00. The van der Waals surface area contributed by atoms with Crippen molar-refractivity contribution in [1.82, 2.24) is 5.32 Å². The number of alkyl halides is 4. The van der Waals surface area contributed by atoms with Gasteiger partial charge in [-0.3, -0.25) is 4.79 Å². The number of benzene rings is 1. The number of carbonyl (C=O) groups excluding carboxylic acids is 1. The summed E-state index contributed by atoms with van der Waals surface area (Å²) in [6.45, 7) is -1.34. The lowest BCUT2D eigenvalue weighted by Gasteiger charge is -2.26. The van der Waals surface area contributed by atoms with Crippen molar-refractivity contribution in [1.29, 1.82) is 0 Å². The Morgan fingerprint density at radius 2 is 1.95 bits per heavy atom. The first kappa shape index (κ1) is 16.0. The van der Waals surface area contributed by atoms with Crippen LogP contribution in [0.15, 0.2) is 24.3 Å². The summed E-state index contributed by atoms with van der Waals surface area (Å²) in [4.78, 5) is 12.0. The van der Waals surface area contributed by atoms with Gasteiger partial charge in [0.15, 0.2) is 0 Å². The van der Waals surface area contributed by atoms with Crippen LogP contribution in [-0.2, 0) is 0 Å². The smallest absolute Gasteiger partial charge is 0.387 e. The lowest BCUT2D eigenvalue weighted by Crippen LogP contribution is -2.49. The molecule has 0 aliphatic rings. The summed E-state index contributed by atoms with van der Waals surface area (Å²) in [7, 11) is 0. The maximum Gasteiger partial charge on any atom is 0.387 e. The highest BCUT2D eigenvalue weighted by Crippen LogP contribution is 2.21. The summed E-state index contributed by atoms with van der Waals surface area (Å²) in [6.07, 6.45) is 0. The molecule has 1 aromatic rings. The zero-order valence-electron chi connectivity index (χ0n) is 10.1. The molecule has 3 nitrogen and oxygen atoms in total. The van der Waals surface area contributed by atoms with Crippen molar-refractivity contribution in [2.45, 2.75) is 19.1 Å². The van der Waals surface area contributed by atoms with Gasteiger partial charge in [-0.1, -0.05) is 12.1 Å². The Balaban J connectivity index is 2.93. The lowest BCUT2D eigenvalue weighted by atomic mass is 10.1. The van der Waals surface area contributed by atoms with Gasteiger partial charge in [0.1, 0.15) is 5.75 Å². The Kier molecular flexibility index (Phi) is 5.82. The lowest BCUT2D eigenvalue weighted by molar-refractivity contribution is -0.0501. The molecule has 0 saturated heterocycles. The monoisotopic (exact) mass is 311 g/mol. The fourth-order valence-electron chi connectivity index (χ4n) is 1.30. The topological polar surface area (TPSA) is 38.3 Å². The average molecular weight is 312 g/mol. The molecule has 0 spiro atoms. The van der Waals surface area contributed by atoms with Crippen molar-refractivity contribution >= 4 is 29.1 Å². The van der Waals surface area contributed by atoms with Crippen molar-refractivity contribution in [3.05, 3.63) is 29.8 Å². The third kappa shape index (κ3) is 4.51. The van der Waals surface area contributed by atoms with Crippen LogP contribution in [0.2, 0.25) is 0 Å². The zero-order chi connectivity index (χ0) is 14.5. The molecule has 0 unspecified atom stereocenters. The van der Waals surface area contributed by atoms with Gasteiger partial charge in [-0.05, 0) is 19.1 Å². The van der Waals surface area contributed by atoms with Crippen LogP contribution in [0.5, 0.6) is 5.75 Å². The van der Waals surface area contributed by atoms with Gasteiger partial charge in [0.2, 0.25) is 0 Å². The van der Waals surface area contributed by atoms with E-state index in [9.17, 15) is 13.6 Å². The molecular formula is C12H13Cl2F2NO2. The number of para-hydroxylation sites is 1. The molecular weight excluding hydrogens is 299 g/mol. The van der Waals surface area contributed by atoms with Gasteiger partial charge in [-0.2, -0.15) is 8.78 Å². The molecule has 0 fully saturated rings. The second-order valence-corrected chi connectivity index (χ2v) is 4.69. The van der Waals surface area contributed by atoms with Crippen molar-refractivity contribution in [3.63, 3.8) is 0 Å². The molecule has 1 aromatic carbocycles. The minimum absolute atomic E-state index is 0.00394. The molecule has 1 amide bonds. The SMILES string of the molecule is CC(CCl)(CCl)NC(=O)c1ccccc1OC(F)F. The van der Waals surface area contributed by atoms with Crippen molar-refractivity contribution < 1.29 is 18.3 Å². The van der Waals surface area contributed by atoms with E-state index < -0.39 is 18.1 Å². The van der Waals surface area contributed by atoms with Gasteiger partial charge >= 0.3 is 6.61 Å². The maximum absolute atomic E-state index is 12.2. The number of halogens is 4. The summed E-state index contributed by atoms with van der Waals surface area (Å²) < 4.78 is 28.8. The van der Waals surface area contributed by atoms with Crippen LogP contribution in [0.25, 0.3) is 0 Å². The van der Waals surface area contributed by atoms with Crippen molar-refractivity contribution in [2.75, 3.05) is 11.8 Å². The maximum atomic E-state index is 12.2. The first-order chi connectivity index (χ1) is 8.91. The van der Waals surface area contributed by atoms with E-state index in [2.05, 4.69) is 10.1 Å². The summed E-state index contributed by atoms with van der Waals surface area (Å²) in [5.41, 5.74) is -0.817. The predicted octanol–water partition coefficient (Wildman–Crippen LogP) is 3.25. The summed E-state index contributed by atoms with van der Waals surface area (Å²) in [6, 6.07) is 5.72. The first-order valence-corrected chi connectivity index (χ1v) is 6.47. The van der Waals surface area contributed by atoms with E-state index in [4.69, 9.17) is 23.2 Å². The standard InChI is InChI=1S/C12H13Cl2F2NO2/c1-12(6-13,7-14)17-10(18)8-4-2-3-5-9(8)19-11(15)16/h2-5,11H,6-7H2,1H3,(H,17,18). The third-order valence-corrected chi connectivity index (χ3v) is 3.53. The Morgan fingerprint density at radius 3 is 2.47 bits per heavy atom. The van der Waals surface area contributed by atoms with Crippen LogP contribution >= 0.6 is 23.2 Å². The van der Waals surface area contributed by atoms with Crippen LogP contribution < -0.4 is 10.1 Å². The number of nitrogens with one attached hydrogen (secondary N) is 1. The Bertz CT molecular complexity index is 439. The van der Waals surface area contributed by atoms with Crippen LogP contribution in [0.4, 0.5) is 8.78 Å². The van der Waals surface area contributed by atoms with E-state index in [-0.39, 0.29) is 23.1 Å². The van der Waals surface area contributed by atoms with Crippen molar-refractivity contribution in [3.8, 4) is 5.75 Å². The second kappa shape index (κ2) is 6.91. The van der Waals surface area contributed by atoms with Gasteiger partial charge in [0.25, 0.3) is 5.91 Å². The average Bonchev–Trinajstić information content (AvgIpc) is 2.38. The number of amides is 1. The highest BCUT2D eigenvalue weighted by Gasteiger charge is 2.26. The molecule has 1 rings (SSSR count). The molecule has 0 aromatic heterocycles. The van der Waals surface area contributed by atoms with Gasteiger partial charge in [0.05, 0.1) is 11.1 Å². The Hall–Kier alpha value is -1.07. The third-order valence-electron chi connectivity index (χ3n) is 2.35. The second-order valence-electron chi connectivity index (χ2n) is 4.16. The van der Waals surface area contributed by atoms with Crippen LogP contribution in [0, 0.1) is 0 Å². The van der Waals surface area contributed by atoms with E-state index >= 15 is 0 Å². The van der Waals surface area contributed by atoms with E-state index in [0.29, 0.717) is 0 Å². The van der Waals surface area contributed by atoms with Crippen LogP contribution in [0.3, 0.4) is 0 Å². The molecule has 0 saturated carbocycles. The summed E-state index contributed by atoms with van der Waals surface area (Å²) >= 11 is 11.4. The highest BCUT2D eigenvalue weighted by molar-refractivity contribution is 6.22. The number of carbonyl (C=O) groups is 1. The highest BCUT2D eigenvalue weighted by atomic mass is 35.5. The number of rotatable bonds is 6. The van der Waals surface area contributed by atoms with Gasteiger partial charge in [0, 0.05) is 11.8 Å². The molecule has 19 heavy (non-hydrogen) atoms. The zero-order valence-corrected chi connectivity index (χ0v) is 11.6. The molecule has 0 bridgehead atoms. The molecule has 0 radical (unpaired) electrons. The number of hydrogen-bond donors (Lipinski definition) is 1. The largest absolute Gasteiger partial charge is 0.434 e. The van der Waals surface area contributed by atoms with E-state index in [1.165, 1.54) is 18.2 Å². The molecule has 1 N–H and O–H groups in total. The molecule has 106 valence electrons. The molecule has 0 aliphatic heterocycles. The van der Waals surface area contributed by atoms with Gasteiger partial charge < -0.3 is 10.1 Å². The van der Waals surface area contributed by atoms with E-state index in [1.807, 2.05) is 0 Å². The Labute approximate surface area is 119 Å².